The van der Waals surface area contributed by atoms with Crippen LogP contribution in [0, 0.1) is 5.92 Å². The third-order valence-electron chi connectivity index (χ3n) is 2.91. The van der Waals surface area contributed by atoms with Gasteiger partial charge < -0.3 is 9.47 Å². The van der Waals surface area contributed by atoms with E-state index in [2.05, 4.69) is 5.48 Å². The zero-order valence-electron chi connectivity index (χ0n) is 10.5. The molecule has 2 unspecified atom stereocenters. The van der Waals surface area contributed by atoms with Crippen LogP contribution in [-0.2, 0) is 14.4 Å². The number of benzene rings is 1. The number of esters is 1. The van der Waals surface area contributed by atoms with Crippen molar-refractivity contribution in [3.05, 3.63) is 29.8 Å². The van der Waals surface area contributed by atoms with E-state index < -0.39 is 0 Å². The van der Waals surface area contributed by atoms with Crippen LogP contribution in [0.2, 0.25) is 0 Å². The maximum atomic E-state index is 11.8. The Hall–Kier alpha value is -1.59. The normalized spacial score (nSPS) is 22.8. The van der Waals surface area contributed by atoms with E-state index in [4.69, 9.17) is 14.3 Å². The predicted octanol–water partition coefficient (Wildman–Crippen LogP) is 1.45. The van der Waals surface area contributed by atoms with Crippen LogP contribution in [0.3, 0.4) is 0 Å². The summed E-state index contributed by atoms with van der Waals surface area (Å²) in [5.41, 5.74) is 3.69. The third kappa shape index (κ3) is 2.63. The molecule has 0 bridgehead atoms. The van der Waals surface area contributed by atoms with E-state index in [0.29, 0.717) is 13.2 Å². The highest BCUT2D eigenvalue weighted by molar-refractivity contribution is 5.74. The summed E-state index contributed by atoms with van der Waals surface area (Å²) in [7, 11) is 1.62. The molecule has 1 aliphatic heterocycles. The number of hydrogen-bond acceptors (Lipinski definition) is 5. The summed E-state index contributed by atoms with van der Waals surface area (Å²) in [6, 6.07) is 7.48. The lowest BCUT2D eigenvalue weighted by atomic mass is 9.97. The molecule has 1 N–H and O–H groups in total. The standard InChI is InChI=1S/C13H17NO4/c1-3-17-13(15)11-8-14-18-12(11)9-4-6-10(16-2)7-5-9/h4-7,11-12,14H,3,8H2,1-2H3. The fourth-order valence-corrected chi connectivity index (χ4v) is 1.97. The Balaban J connectivity index is 2.12. The highest BCUT2D eigenvalue weighted by atomic mass is 16.7. The number of hydroxylamine groups is 1. The van der Waals surface area contributed by atoms with Crippen molar-refractivity contribution < 1.29 is 19.1 Å². The second kappa shape index (κ2) is 5.84. The smallest absolute Gasteiger partial charge is 0.313 e. The highest BCUT2D eigenvalue weighted by Crippen LogP contribution is 2.31. The van der Waals surface area contributed by atoms with Gasteiger partial charge in [0.25, 0.3) is 0 Å². The number of ether oxygens (including phenoxy) is 2. The molecule has 0 amide bonds. The average Bonchev–Trinajstić information content (AvgIpc) is 2.88. The lowest BCUT2D eigenvalue weighted by Gasteiger charge is -2.16. The lowest BCUT2D eigenvalue weighted by molar-refractivity contribution is -0.149. The highest BCUT2D eigenvalue weighted by Gasteiger charge is 2.36. The number of carbonyl (C=O) groups is 1. The van der Waals surface area contributed by atoms with Gasteiger partial charge in [0.1, 0.15) is 17.8 Å². The second-order valence-corrected chi connectivity index (χ2v) is 4.02. The third-order valence-corrected chi connectivity index (χ3v) is 2.91. The van der Waals surface area contributed by atoms with Gasteiger partial charge in [-0.15, -0.1) is 0 Å². The molecule has 0 radical (unpaired) electrons. The summed E-state index contributed by atoms with van der Waals surface area (Å²) >= 11 is 0. The van der Waals surface area contributed by atoms with Crippen molar-refractivity contribution in [2.45, 2.75) is 13.0 Å². The van der Waals surface area contributed by atoms with Gasteiger partial charge in [-0.1, -0.05) is 12.1 Å². The summed E-state index contributed by atoms with van der Waals surface area (Å²) in [5.74, 6) is 0.235. The van der Waals surface area contributed by atoms with Crippen LogP contribution >= 0.6 is 0 Å². The van der Waals surface area contributed by atoms with Gasteiger partial charge in [-0.3, -0.25) is 9.63 Å². The molecular weight excluding hydrogens is 234 g/mol. The Morgan fingerprint density at radius 1 is 1.44 bits per heavy atom. The van der Waals surface area contributed by atoms with Gasteiger partial charge in [0, 0.05) is 6.54 Å². The maximum absolute atomic E-state index is 11.8. The minimum atomic E-state index is -0.310. The first-order chi connectivity index (χ1) is 8.76. The van der Waals surface area contributed by atoms with Gasteiger partial charge in [-0.25, -0.2) is 5.48 Å². The Morgan fingerprint density at radius 2 is 2.17 bits per heavy atom. The SMILES string of the molecule is CCOC(=O)C1CNOC1c1ccc(OC)cc1. The molecule has 0 aliphatic carbocycles. The second-order valence-electron chi connectivity index (χ2n) is 4.02. The first-order valence-corrected chi connectivity index (χ1v) is 5.95. The van der Waals surface area contributed by atoms with Crippen molar-refractivity contribution in [1.82, 2.24) is 5.48 Å². The molecule has 98 valence electrons. The molecule has 1 fully saturated rings. The first kappa shape index (κ1) is 12.9. The van der Waals surface area contributed by atoms with Crippen molar-refractivity contribution in [1.29, 1.82) is 0 Å². The van der Waals surface area contributed by atoms with Crippen molar-refractivity contribution >= 4 is 5.97 Å². The number of carbonyl (C=O) groups excluding carboxylic acids is 1. The molecule has 1 aromatic rings. The minimum Gasteiger partial charge on any atom is -0.497 e. The van der Waals surface area contributed by atoms with E-state index in [-0.39, 0.29) is 18.0 Å². The summed E-state index contributed by atoms with van der Waals surface area (Å²) in [5, 5.41) is 0. The molecule has 1 aromatic carbocycles. The van der Waals surface area contributed by atoms with E-state index in [1.807, 2.05) is 24.3 Å². The maximum Gasteiger partial charge on any atom is 0.313 e. The van der Waals surface area contributed by atoms with Crippen molar-refractivity contribution in [2.75, 3.05) is 20.3 Å². The van der Waals surface area contributed by atoms with Gasteiger partial charge >= 0.3 is 5.97 Å². The topological polar surface area (TPSA) is 56.8 Å². The molecule has 18 heavy (non-hydrogen) atoms. The first-order valence-electron chi connectivity index (χ1n) is 5.95. The summed E-state index contributed by atoms with van der Waals surface area (Å²) in [4.78, 5) is 17.2. The summed E-state index contributed by atoms with van der Waals surface area (Å²) < 4.78 is 10.1. The van der Waals surface area contributed by atoms with Gasteiger partial charge in [0.05, 0.1) is 13.7 Å². The molecule has 5 heteroatoms. The number of hydrogen-bond donors (Lipinski definition) is 1. The molecule has 2 rings (SSSR count). The predicted molar refractivity (Wildman–Crippen MR) is 64.9 cm³/mol. The van der Waals surface area contributed by atoms with Crippen LogP contribution in [0.25, 0.3) is 0 Å². The molecule has 1 heterocycles. The van der Waals surface area contributed by atoms with Gasteiger partial charge in [-0.2, -0.15) is 0 Å². The van der Waals surface area contributed by atoms with Crippen LogP contribution in [0.15, 0.2) is 24.3 Å². The quantitative estimate of drug-likeness (QED) is 0.821. The molecule has 2 atom stereocenters. The van der Waals surface area contributed by atoms with Crippen LogP contribution in [0.4, 0.5) is 0 Å². The Labute approximate surface area is 106 Å². The largest absolute Gasteiger partial charge is 0.497 e. The molecular formula is C13H17NO4. The average molecular weight is 251 g/mol. The van der Waals surface area contributed by atoms with E-state index in [1.165, 1.54) is 0 Å². The number of rotatable bonds is 4. The number of methoxy groups -OCH3 is 1. The minimum absolute atomic E-state index is 0.233. The van der Waals surface area contributed by atoms with Gasteiger partial charge in [0.15, 0.2) is 0 Å². The van der Waals surface area contributed by atoms with Gasteiger partial charge in [-0.05, 0) is 24.6 Å². The van der Waals surface area contributed by atoms with Crippen LogP contribution in [0.5, 0.6) is 5.75 Å². The Morgan fingerprint density at radius 3 is 2.78 bits per heavy atom. The fourth-order valence-electron chi connectivity index (χ4n) is 1.97. The Kier molecular flexibility index (Phi) is 4.17. The molecule has 0 saturated carbocycles. The van der Waals surface area contributed by atoms with Crippen LogP contribution < -0.4 is 10.2 Å². The summed E-state index contributed by atoms with van der Waals surface area (Å²) in [6.45, 7) is 2.64. The monoisotopic (exact) mass is 251 g/mol. The molecule has 1 aliphatic rings. The Bertz CT molecular complexity index is 404. The zero-order chi connectivity index (χ0) is 13.0. The molecule has 0 spiro atoms. The molecule has 0 aromatic heterocycles. The van der Waals surface area contributed by atoms with E-state index in [9.17, 15) is 4.79 Å². The van der Waals surface area contributed by atoms with Crippen molar-refractivity contribution in [3.8, 4) is 5.75 Å². The van der Waals surface area contributed by atoms with E-state index in [0.717, 1.165) is 11.3 Å². The fraction of sp³-hybridized carbons (Fsp3) is 0.462. The van der Waals surface area contributed by atoms with E-state index in [1.54, 1.807) is 14.0 Å². The van der Waals surface area contributed by atoms with E-state index >= 15 is 0 Å². The molecule has 5 nitrogen and oxygen atoms in total. The number of nitrogens with one attached hydrogen (secondary N) is 1. The van der Waals surface area contributed by atoms with Crippen molar-refractivity contribution in [3.63, 3.8) is 0 Å². The summed E-state index contributed by atoms with van der Waals surface area (Å²) in [6.07, 6.45) is -0.310. The van der Waals surface area contributed by atoms with Gasteiger partial charge in [0.2, 0.25) is 0 Å². The van der Waals surface area contributed by atoms with Crippen LogP contribution in [0.1, 0.15) is 18.6 Å². The molecule has 1 saturated heterocycles. The zero-order valence-corrected chi connectivity index (χ0v) is 10.5. The van der Waals surface area contributed by atoms with Crippen molar-refractivity contribution in [2.24, 2.45) is 5.92 Å². The van der Waals surface area contributed by atoms with Crippen LogP contribution in [-0.4, -0.2) is 26.2 Å². The lowest BCUT2D eigenvalue weighted by Crippen LogP contribution is -2.24.